The van der Waals surface area contributed by atoms with Crippen LogP contribution in [0.25, 0.3) is 0 Å². The number of rotatable bonds is 4. The molecule has 0 radical (unpaired) electrons. The van der Waals surface area contributed by atoms with E-state index in [9.17, 15) is 10.1 Å². The van der Waals surface area contributed by atoms with Crippen molar-refractivity contribution in [2.45, 2.75) is 26.3 Å². The second kappa shape index (κ2) is 5.55. The zero-order valence-corrected chi connectivity index (χ0v) is 10.4. The SMILES string of the molecule is C#CCC(C)Nc1cc(Cl)c([N+](=O)[O-])cc1C. The van der Waals surface area contributed by atoms with Gasteiger partial charge in [-0.15, -0.1) is 12.3 Å². The maximum absolute atomic E-state index is 10.7. The highest BCUT2D eigenvalue weighted by molar-refractivity contribution is 6.33. The van der Waals surface area contributed by atoms with Crippen molar-refractivity contribution in [2.24, 2.45) is 0 Å². The van der Waals surface area contributed by atoms with Gasteiger partial charge >= 0.3 is 0 Å². The minimum atomic E-state index is -0.496. The van der Waals surface area contributed by atoms with Crippen LogP contribution < -0.4 is 5.32 Å². The van der Waals surface area contributed by atoms with Gasteiger partial charge in [-0.1, -0.05) is 11.6 Å². The summed E-state index contributed by atoms with van der Waals surface area (Å²) < 4.78 is 0. The van der Waals surface area contributed by atoms with Crippen molar-refractivity contribution < 1.29 is 4.92 Å². The van der Waals surface area contributed by atoms with E-state index >= 15 is 0 Å². The van der Waals surface area contributed by atoms with Crippen molar-refractivity contribution >= 4 is 23.0 Å². The normalized spacial score (nSPS) is 11.6. The summed E-state index contributed by atoms with van der Waals surface area (Å²) in [7, 11) is 0. The van der Waals surface area contributed by atoms with E-state index in [0.717, 1.165) is 11.3 Å². The van der Waals surface area contributed by atoms with Gasteiger partial charge in [0.1, 0.15) is 5.02 Å². The van der Waals surface area contributed by atoms with Crippen molar-refractivity contribution in [1.29, 1.82) is 0 Å². The molecule has 0 aliphatic rings. The number of nitrogens with one attached hydrogen (secondary N) is 1. The average molecular weight is 253 g/mol. The number of benzene rings is 1. The summed E-state index contributed by atoms with van der Waals surface area (Å²) in [5.74, 6) is 2.55. The summed E-state index contributed by atoms with van der Waals surface area (Å²) in [6, 6.07) is 3.10. The van der Waals surface area contributed by atoms with Crippen LogP contribution in [0.5, 0.6) is 0 Å². The lowest BCUT2D eigenvalue weighted by Gasteiger charge is -2.15. The first-order valence-corrected chi connectivity index (χ1v) is 5.48. The van der Waals surface area contributed by atoms with Gasteiger partial charge < -0.3 is 5.32 Å². The Hall–Kier alpha value is -1.73. The number of anilines is 1. The van der Waals surface area contributed by atoms with Gasteiger partial charge in [0.15, 0.2) is 0 Å². The molecule has 1 unspecified atom stereocenters. The van der Waals surface area contributed by atoms with Gasteiger partial charge in [-0.25, -0.2) is 0 Å². The predicted molar refractivity (Wildman–Crippen MR) is 69.4 cm³/mol. The lowest BCUT2D eigenvalue weighted by atomic mass is 10.1. The third-order valence-corrected chi connectivity index (χ3v) is 2.62. The van der Waals surface area contributed by atoms with Gasteiger partial charge in [-0.2, -0.15) is 0 Å². The van der Waals surface area contributed by atoms with E-state index in [2.05, 4.69) is 11.2 Å². The minimum absolute atomic E-state index is 0.0840. The first-order chi connectivity index (χ1) is 7.95. The van der Waals surface area contributed by atoms with Crippen LogP contribution >= 0.6 is 11.6 Å². The molecule has 0 fully saturated rings. The van der Waals surface area contributed by atoms with Gasteiger partial charge in [0.25, 0.3) is 5.69 Å². The molecule has 4 nitrogen and oxygen atoms in total. The number of aryl methyl sites for hydroxylation is 1. The van der Waals surface area contributed by atoms with E-state index in [0.29, 0.717) is 6.42 Å². The van der Waals surface area contributed by atoms with Gasteiger partial charge in [0, 0.05) is 24.2 Å². The van der Waals surface area contributed by atoms with Crippen LogP contribution in [0.2, 0.25) is 5.02 Å². The second-order valence-electron chi connectivity index (χ2n) is 3.83. The maximum Gasteiger partial charge on any atom is 0.288 e. The summed E-state index contributed by atoms with van der Waals surface area (Å²) in [4.78, 5) is 10.2. The van der Waals surface area contributed by atoms with E-state index in [1.807, 2.05) is 6.92 Å². The Kier molecular flexibility index (Phi) is 4.36. The zero-order chi connectivity index (χ0) is 13.0. The van der Waals surface area contributed by atoms with Crippen LogP contribution in [0.3, 0.4) is 0 Å². The Labute approximate surface area is 105 Å². The van der Waals surface area contributed by atoms with Gasteiger partial charge in [-0.05, 0) is 25.5 Å². The fourth-order valence-corrected chi connectivity index (χ4v) is 1.69. The number of nitrogens with zero attached hydrogens (tertiary/aromatic N) is 1. The van der Waals surface area contributed by atoms with Gasteiger partial charge in [-0.3, -0.25) is 10.1 Å². The summed E-state index contributed by atoms with van der Waals surface area (Å²) in [5.41, 5.74) is 1.45. The van der Waals surface area contributed by atoms with E-state index in [1.165, 1.54) is 6.07 Å². The lowest BCUT2D eigenvalue weighted by molar-refractivity contribution is -0.384. The molecule has 0 saturated heterocycles. The molecule has 1 N–H and O–H groups in total. The molecule has 0 amide bonds. The molecule has 0 aliphatic carbocycles. The number of halogens is 1. The van der Waals surface area contributed by atoms with Crippen molar-refractivity contribution in [1.82, 2.24) is 0 Å². The minimum Gasteiger partial charge on any atom is -0.381 e. The largest absolute Gasteiger partial charge is 0.381 e. The third kappa shape index (κ3) is 3.36. The van der Waals surface area contributed by atoms with E-state index < -0.39 is 4.92 Å². The van der Waals surface area contributed by atoms with Crippen molar-refractivity contribution in [3.05, 3.63) is 32.8 Å². The molecule has 1 aromatic rings. The van der Waals surface area contributed by atoms with Crippen molar-refractivity contribution in [2.75, 3.05) is 5.32 Å². The summed E-state index contributed by atoms with van der Waals surface area (Å²) >= 11 is 5.83. The van der Waals surface area contributed by atoms with Crippen LogP contribution in [-0.4, -0.2) is 11.0 Å². The maximum atomic E-state index is 10.7. The van der Waals surface area contributed by atoms with Crippen LogP contribution in [-0.2, 0) is 0 Å². The Bertz CT molecular complexity index is 480. The Morgan fingerprint density at radius 2 is 2.29 bits per heavy atom. The van der Waals surface area contributed by atoms with Crippen molar-refractivity contribution in [3.63, 3.8) is 0 Å². The van der Waals surface area contributed by atoms with Gasteiger partial charge in [0.05, 0.1) is 4.92 Å². The van der Waals surface area contributed by atoms with Crippen LogP contribution in [0.15, 0.2) is 12.1 Å². The predicted octanol–water partition coefficient (Wildman–Crippen LogP) is 3.38. The van der Waals surface area contributed by atoms with Crippen LogP contribution in [0, 0.1) is 29.4 Å². The highest BCUT2D eigenvalue weighted by Crippen LogP contribution is 2.30. The number of nitro groups is 1. The first kappa shape index (κ1) is 13.3. The Balaban J connectivity index is 3.00. The molecule has 0 bridgehead atoms. The topological polar surface area (TPSA) is 55.2 Å². The Morgan fingerprint density at radius 1 is 1.65 bits per heavy atom. The zero-order valence-electron chi connectivity index (χ0n) is 9.66. The molecule has 0 aromatic heterocycles. The molecule has 1 aromatic carbocycles. The van der Waals surface area contributed by atoms with E-state index in [-0.39, 0.29) is 16.8 Å². The average Bonchev–Trinajstić information content (AvgIpc) is 2.22. The molecule has 0 saturated carbocycles. The Morgan fingerprint density at radius 3 is 2.82 bits per heavy atom. The third-order valence-electron chi connectivity index (χ3n) is 2.32. The smallest absolute Gasteiger partial charge is 0.288 e. The van der Waals surface area contributed by atoms with Crippen LogP contribution in [0.4, 0.5) is 11.4 Å². The number of terminal acetylenes is 1. The molecule has 0 spiro atoms. The number of hydrogen-bond acceptors (Lipinski definition) is 3. The molecule has 0 aliphatic heterocycles. The van der Waals surface area contributed by atoms with E-state index in [4.69, 9.17) is 18.0 Å². The quantitative estimate of drug-likeness (QED) is 0.508. The molecule has 1 rings (SSSR count). The lowest BCUT2D eigenvalue weighted by Crippen LogP contribution is -2.15. The molecular weight excluding hydrogens is 240 g/mol. The molecule has 0 heterocycles. The standard InChI is InChI=1S/C12H13ClN2O2/c1-4-5-9(3)14-11-7-10(13)12(15(16)17)6-8(11)2/h1,6-7,9,14H,5H2,2-3H3. The molecule has 90 valence electrons. The van der Waals surface area contributed by atoms with Crippen LogP contribution in [0.1, 0.15) is 18.9 Å². The van der Waals surface area contributed by atoms with E-state index in [1.54, 1.807) is 13.0 Å². The molecule has 1 atom stereocenters. The molecule has 5 heteroatoms. The summed E-state index contributed by atoms with van der Waals surface area (Å²) in [5, 5.41) is 14.0. The number of hydrogen-bond donors (Lipinski definition) is 1. The summed E-state index contributed by atoms with van der Waals surface area (Å²) in [6.07, 6.45) is 5.79. The van der Waals surface area contributed by atoms with Gasteiger partial charge in [0.2, 0.25) is 0 Å². The first-order valence-electron chi connectivity index (χ1n) is 5.10. The second-order valence-corrected chi connectivity index (χ2v) is 4.24. The summed E-state index contributed by atoms with van der Waals surface area (Å²) in [6.45, 7) is 3.73. The fraction of sp³-hybridized carbons (Fsp3) is 0.333. The number of nitro benzene ring substituents is 1. The highest BCUT2D eigenvalue weighted by atomic mass is 35.5. The highest BCUT2D eigenvalue weighted by Gasteiger charge is 2.15. The molecule has 17 heavy (non-hydrogen) atoms. The molecular formula is C12H13ClN2O2. The fourth-order valence-electron chi connectivity index (χ4n) is 1.45. The van der Waals surface area contributed by atoms with Crippen molar-refractivity contribution in [3.8, 4) is 12.3 Å². The monoisotopic (exact) mass is 252 g/mol.